The monoisotopic (exact) mass is 251 g/mol. The molecule has 0 aliphatic rings. The van der Waals surface area contributed by atoms with Gasteiger partial charge in [-0.25, -0.2) is 0 Å². The van der Waals surface area contributed by atoms with E-state index in [0.717, 1.165) is 16.9 Å². The summed E-state index contributed by atoms with van der Waals surface area (Å²) in [5.74, 6) is 1.40. The highest BCUT2D eigenvalue weighted by Gasteiger charge is 2.01. The quantitative estimate of drug-likeness (QED) is 0.527. The van der Waals surface area contributed by atoms with Crippen LogP contribution < -0.4 is 11.1 Å². The standard InChI is InChI=1S/C12H17N3OS/c1-2-15-11(16)8-17-7-9-3-5-10(6-4-9)12(13)14/h3-6H,2,7-8H2,1H3,(H3,13,14)(H,15,16). The molecule has 1 aromatic carbocycles. The molecule has 92 valence electrons. The van der Waals surface area contributed by atoms with Crippen molar-refractivity contribution in [3.05, 3.63) is 35.4 Å². The van der Waals surface area contributed by atoms with Crippen molar-refractivity contribution in [3.8, 4) is 0 Å². The molecule has 1 aromatic rings. The summed E-state index contributed by atoms with van der Waals surface area (Å²) in [4.78, 5) is 11.2. The SMILES string of the molecule is CCNC(=O)CSCc1ccc(C(=N)N)cc1. The molecule has 0 bridgehead atoms. The van der Waals surface area contributed by atoms with Crippen molar-refractivity contribution >= 4 is 23.5 Å². The number of carbonyl (C=O) groups is 1. The lowest BCUT2D eigenvalue weighted by molar-refractivity contribution is -0.118. The lowest BCUT2D eigenvalue weighted by atomic mass is 10.1. The smallest absolute Gasteiger partial charge is 0.229 e. The molecule has 0 heterocycles. The zero-order valence-corrected chi connectivity index (χ0v) is 10.6. The Bertz CT molecular complexity index is 389. The predicted octanol–water partition coefficient (Wildman–Crippen LogP) is 1.34. The van der Waals surface area contributed by atoms with E-state index < -0.39 is 0 Å². The Balaban J connectivity index is 2.37. The number of nitrogens with one attached hydrogen (secondary N) is 2. The van der Waals surface area contributed by atoms with Gasteiger partial charge in [0.25, 0.3) is 0 Å². The minimum atomic E-state index is 0.0675. The van der Waals surface area contributed by atoms with Crippen molar-refractivity contribution in [2.24, 2.45) is 5.73 Å². The van der Waals surface area contributed by atoms with E-state index in [2.05, 4.69) is 5.32 Å². The highest BCUT2D eigenvalue weighted by Crippen LogP contribution is 2.12. The first-order valence-electron chi connectivity index (χ1n) is 5.41. The molecule has 0 atom stereocenters. The van der Waals surface area contributed by atoms with Gasteiger partial charge in [0.15, 0.2) is 0 Å². The lowest BCUT2D eigenvalue weighted by Gasteiger charge is -2.04. The fourth-order valence-electron chi connectivity index (χ4n) is 1.29. The van der Waals surface area contributed by atoms with Crippen LogP contribution in [0.15, 0.2) is 24.3 Å². The molecule has 0 spiro atoms. The normalized spacial score (nSPS) is 9.94. The zero-order valence-electron chi connectivity index (χ0n) is 9.82. The summed E-state index contributed by atoms with van der Waals surface area (Å²) in [7, 11) is 0. The van der Waals surface area contributed by atoms with Crippen LogP contribution in [0.1, 0.15) is 18.1 Å². The van der Waals surface area contributed by atoms with Gasteiger partial charge in [-0.2, -0.15) is 0 Å². The molecule has 0 aliphatic heterocycles. The number of rotatable bonds is 6. The first kappa shape index (κ1) is 13.6. The first-order chi connectivity index (χ1) is 8.13. The Labute approximate surface area is 105 Å². The van der Waals surface area contributed by atoms with Crippen molar-refractivity contribution in [1.82, 2.24) is 5.32 Å². The number of hydrogen-bond donors (Lipinski definition) is 3. The van der Waals surface area contributed by atoms with E-state index in [0.29, 0.717) is 12.3 Å². The minimum Gasteiger partial charge on any atom is -0.384 e. The minimum absolute atomic E-state index is 0.0675. The molecule has 0 saturated heterocycles. The maximum Gasteiger partial charge on any atom is 0.229 e. The second kappa shape index (κ2) is 6.96. The van der Waals surface area contributed by atoms with Crippen LogP contribution in [0.4, 0.5) is 0 Å². The maximum absolute atomic E-state index is 11.2. The van der Waals surface area contributed by atoms with Gasteiger partial charge in [-0.3, -0.25) is 10.2 Å². The molecule has 0 aliphatic carbocycles. The topological polar surface area (TPSA) is 79.0 Å². The summed E-state index contributed by atoms with van der Waals surface area (Å²) in [5.41, 5.74) is 7.22. The van der Waals surface area contributed by atoms with Gasteiger partial charge in [-0.05, 0) is 12.5 Å². The summed E-state index contributed by atoms with van der Waals surface area (Å²) < 4.78 is 0. The van der Waals surface area contributed by atoms with E-state index in [1.807, 2.05) is 31.2 Å². The average molecular weight is 251 g/mol. The van der Waals surface area contributed by atoms with E-state index in [-0.39, 0.29) is 11.7 Å². The van der Waals surface area contributed by atoms with Crippen molar-refractivity contribution < 1.29 is 4.79 Å². The highest BCUT2D eigenvalue weighted by molar-refractivity contribution is 7.99. The summed E-state index contributed by atoms with van der Waals surface area (Å²) in [6.07, 6.45) is 0. The molecular weight excluding hydrogens is 234 g/mol. The number of nitrogen functional groups attached to an aromatic ring is 1. The van der Waals surface area contributed by atoms with Crippen LogP contribution in [0.3, 0.4) is 0 Å². The molecule has 0 aromatic heterocycles. The highest BCUT2D eigenvalue weighted by atomic mass is 32.2. The van der Waals surface area contributed by atoms with E-state index >= 15 is 0 Å². The van der Waals surface area contributed by atoms with Crippen molar-refractivity contribution in [1.29, 1.82) is 5.41 Å². The third-order valence-electron chi connectivity index (χ3n) is 2.14. The third-order valence-corrected chi connectivity index (χ3v) is 3.14. The molecule has 0 unspecified atom stereocenters. The molecule has 5 heteroatoms. The van der Waals surface area contributed by atoms with Crippen molar-refractivity contribution in [2.45, 2.75) is 12.7 Å². The molecule has 0 radical (unpaired) electrons. The molecule has 17 heavy (non-hydrogen) atoms. The molecule has 1 amide bonds. The molecular formula is C12H17N3OS. The van der Waals surface area contributed by atoms with E-state index in [9.17, 15) is 4.79 Å². The van der Waals surface area contributed by atoms with Gasteiger partial charge in [0.2, 0.25) is 5.91 Å². The van der Waals surface area contributed by atoms with Gasteiger partial charge >= 0.3 is 0 Å². The number of carbonyl (C=O) groups excluding carboxylic acids is 1. The Morgan fingerprint density at radius 3 is 2.59 bits per heavy atom. The van der Waals surface area contributed by atoms with Gasteiger partial charge in [0.1, 0.15) is 5.84 Å². The van der Waals surface area contributed by atoms with Crippen LogP contribution in [0, 0.1) is 5.41 Å². The number of thioether (sulfide) groups is 1. The molecule has 0 saturated carbocycles. The predicted molar refractivity (Wildman–Crippen MR) is 72.3 cm³/mol. The average Bonchev–Trinajstić information content (AvgIpc) is 2.30. The lowest BCUT2D eigenvalue weighted by Crippen LogP contribution is -2.24. The number of nitrogens with two attached hydrogens (primary N) is 1. The summed E-state index contributed by atoms with van der Waals surface area (Å²) in [5, 5.41) is 10.0. The van der Waals surface area contributed by atoms with Crippen LogP contribution in [-0.4, -0.2) is 24.0 Å². The number of hydrogen-bond acceptors (Lipinski definition) is 3. The fourth-order valence-corrected chi connectivity index (χ4v) is 2.11. The van der Waals surface area contributed by atoms with Crippen molar-refractivity contribution in [2.75, 3.05) is 12.3 Å². The Morgan fingerprint density at radius 1 is 1.41 bits per heavy atom. The van der Waals surface area contributed by atoms with Crippen LogP contribution in [0.5, 0.6) is 0 Å². The maximum atomic E-state index is 11.2. The van der Waals surface area contributed by atoms with Gasteiger partial charge < -0.3 is 11.1 Å². The van der Waals surface area contributed by atoms with Gasteiger partial charge in [0, 0.05) is 17.9 Å². The van der Waals surface area contributed by atoms with Crippen LogP contribution in [-0.2, 0) is 10.5 Å². The van der Waals surface area contributed by atoms with Crippen LogP contribution >= 0.6 is 11.8 Å². The zero-order chi connectivity index (χ0) is 12.7. The summed E-state index contributed by atoms with van der Waals surface area (Å²) in [6.45, 7) is 2.58. The Morgan fingerprint density at radius 2 is 2.06 bits per heavy atom. The van der Waals surface area contributed by atoms with E-state index in [4.69, 9.17) is 11.1 Å². The Hall–Kier alpha value is -1.49. The molecule has 4 nitrogen and oxygen atoms in total. The van der Waals surface area contributed by atoms with Gasteiger partial charge in [-0.15, -0.1) is 11.8 Å². The van der Waals surface area contributed by atoms with Crippen molar-refractivity contribution in [3.63, 3.8) is 0 Å². The second-order valence-electron chi connectivity index (χ2n) is 3.56. The second-order valence-corrected chi connectivity index (χ2v) is 4.54. The number of amides is 1. The van der Waals surface area contributed by atoms with Crippen LogP contribution in [0.2, 0.25) is 0 Å². The number of benzene rings is 1. The first-order valence-corrected chi connectivity index (χ1v) is 6.56. The summed E-state index contributed by atoms with van der Waals surface area (Å²) in [6, 6.07) is 7.51. The third kappa shape index (κ3) is 4.91. The van der Waals surface area contributed by atoms with Gasteiger partial charge in [-0.1, -0.05) is 24.3 Å². The van der Waals surface area contributed by atoms with Crippen LogP contribution in [0.25, 0.3) is 0 Å². The van der Waals surface area contributed by atoms with Gasteiger partial charge in [0.05, 0.1) is 5.75 Å². The van der Waals surface area contributed by atoms with E-state index in [1.165, 1.54) is 0 Å². The number of amidine groups is 1. The molecule has 0 fully saturated rings. The molecule has 1 rings (SSSR count). The van der Waals surface area contributed by atoms with E-state index in [1.54, 1.807) is 11.8 Å². The summed E-state index contributed by atoms with van der Waals surface area (Å²) >= 11 is 1.57. The fraction of sp³-hybridized carbons (Fsp3) is 0.333. The largest absolute Gasteiger partial charge is 0.384 e. The Kier molecular flexibility index (Phi) is 5.56. The molecule has 4 N–H and O–H groups in total.